The van der Waals surface area contributed by atoms with Crippen molar-refractivity contribution in [3.05, 3.63) is 45.7 Å². The van der Waals surface area contributed by atoms with Gasteiger partial charge in [0.05, 0.1) is 11.9 Å². The number of hydrogen-bond acceptors (Lipinski definition) is 2. The molecule has 18 heavy (non-hydrogen) atoms. The van der Waals surface area contributed by atoms with Crippen LogP contribution in [0.15, 0.2) is 28.9 Å². The van der Waals surface area contributed by atoms with E-state index in [4.69, 9.17) is 0 Å². The van der Waals surface area contributed by atoms with Crippen molar-refractivity contribution in [3.8, 4) is 5.69 Å². The molecule has 0 aliphatic heterocycles. The van der Waals surface area contributed by atoms with Crippen molar-refractivity contribution in [3.63, 3.8) is 0 Å². The van der Waals surface area contributed by atoms with Crippen molar-refractivity contribution in [1.82, 2.24) is 15.1 Å². The predicted molar refractivity (Wildman–Crippen MR) is 78.1 cm³/mol. The van der Waals surface area contributed by atoms with Gasteiger partial charge in [-0.15, -0.1) is 0 Å². The number of aromatic nitrogens is 2. The highest BCUT2D eigenvalue weighted by Crippen LogP contribution is 2.22. The van der Waals surface area contributed by atoms with Gasteiger partial charge in [-0.05, 0) is 44.2 Å². The van der Waals surface area contributed by atoms with E-state index in [1.54, 1.807) is 0 Å². The molecule has 3 nitrogen and oxygen atoms in total. The molecule has 96 valence electrons. The molecular formula is C14H18BrN3. The molecule has 0 unspecified atom stereocenters. The normalized spacial score (nSPS) is 10.9. The first-order valence-corrected chi connectivity index (χ1v) is 6.93. The summed E-state index contributed by atoms with van der Waals surface area (Å²) in [6.07, 6.45) is 2.93. The minimum absolute atomic E-state index is 0.860. The summed E-state index contributed by atoms with van der Waals surface area (Å²) in [6.45, 7) is 5.14. The van der Waals surface area contributed by atoms with Gasteiger partial charge in [0.25, 0.3) is 0 Å². The maximum atomic E-state index is 4.53. The molecule has 0 spiro atoms. The summed E-state index contributed by atoms with van der Waals surface area (Å²) in [6, 6.07) is 6.28. The summed E-state index contributed by atoms with van der Waals surface area (Å²) >= 11 is 3.49. The molecule has 1 N–H and O–H groups in total. The Balaban J connectivity index is 2.50. The van der Waals surface area contributed by atoms with Crippen LogP contribution < -0.4 is 5.32 Å². The highest BCUT2D eigenvalue weighted by Gasteiger charge is 2.11. The largest absolute Gasteiger partial charge is 0.316 e. The Kier molecular flexibility index (Phi) is 4.19. The fourth-order valence-electron chi connectivity index (χ4n) is 2.19. The minimum Gasteiger partial charge on any atom is -0.316 e. The molecule has 1 aromatic carbocycles. The third kappa shape index (κ3) is 2.49. The molecule has 0 atom stereocenters. The Labute approximate surface area is 116 Å². The Morgan fingerprint density at radius 3 is 2.78 bits per heavy atom. The molecule has 0 saturated carbocycles. The third-order valence-electron chi connectivity index (χ3n) is 3.04. The van der Waals surface area contributed by atoms with Crippen molar-refractivity contribution >= 4 is 15.9 Å². The lowest BCUT2D eigenvalue weighted by molar-refractivity contribution is 0.777. The van der Waals surface area contributed by atoms with Crippen LogP contribution in [0.5, 0.6) is 0 Å². The van der Waals surface area contributed by atoms with Crippen molar-refractivity contribution in [2.45, 2.75) is 26.8 Å². The molecule has 0 bridgehead atoms. The van der Waals surface area contributed by atoms with Gasteiger partial charge in [0, 0.05) is 22.3 Å². The Morgan fingerprint density at radius 2 is 2.17 bits per heavy atom. The topological polar surface area (TPSA) is 29.9 Å². The van der Waals surface area contributed by atoms with Crippen LogP contribution in [0, 0.1) is 6.92 Å². The lowest BCUT2D eigenvalue weighted by atomic mass is 10.1. The molecular weight excluding hydrogens is 290 g/mol. The molecule has 1 aromatic heterocycles. The lowest BCUT2D eigenvalue weighted by Crippen LogP contribution is -2.09. The van der Waals surface area contributed by atoms with Crippen molar-refractivity contribution in [2.24, 2.45) is 0 Å². The van der Waals surface area contributed by atoms with E-state index in [-0.39, 0.29) is 0 Å². The smallest absolute Gasteiger partial charge is 0.0678 e. The van der Waals surface area contributed by atoms with Gasteiger partial charge in [-0.25, -0.2) is 4.68 Å². The molecule has 0 saturated heterocycles. The number of nitrogens with zero attached hydrogens (tertiary/aromatic N) is 2. The Morgan fingerprint density at radius 1 is 1.39 bits per heavy atom. The highest BCUT2D eigenvalue weighted by atomic mass is 79.9. The van der Waals surface area contributed by atoms with Crippen LogP contribution in [0.1, 0.15) is 23.7 Å². The second kappa shape index (κ2) is 5.67. The zero-order valence-electron chi connectivity index (χ0n) is 11.0. The number of aryl methyl sites for hydroxylation is 1. The van der Waals surface area contributed by atoms with Gasteiger partial charge in [0.1, 0.15) is 0 Å². The quantitative estimate of drug-likeness (QED) is 0.940. The predicted octanol–water partition coefficient (Wildman–Crippen LogP) is 3.23. The van der Waals surface area contributed by atoms with Gasteiger partial charge >= 0.3 is 0 Å². The number of rotatable bonds is 4. The molecule has 0 aliphatic rings. The number of hydrogen-bond donors (Lipinski definition) is 1. The Hall–Kier alpha value is -1.13. The number of nitrogens with one attached hydrogen (secondary N) is 1. The van der Waals surface area contributed by atoms with Crippen molar-refractivity contribution < 1.29 is 0 Å². The first-order valence-electron chi connectivity index (χ1n) is 6.14. The van der Waals surface area contributed by atoms with E-state index >= 15 is 0 Å². The van der Waals surface area contributed by atoms with Gasteiger partial charge < -0.3 is 5.32 Å². The van der Waals surface area contributed by atoms with Crippen molar-refractivity contribution in [2.75, 3.05) is 7.05 Å². The maximum Gasteiger partial charge on any atom is 0.0678 e. The van der Waals surface area contributed by atoms with Crippen LogP contribution in [0.25, 0.3) is 5.69 Å². The van der Waals surface area contributed by atoms with Gasteiger partial charge in [-0.1, -0.05) is 22.9 Å². The molecule has 0 radical (unpaired) electrons. The molecule has 2 rings (SSSR count). The van der Waals surface area contributed by atoms with Crippen LogP contribution in [0.4, 0.5) is 0 Å². The summed E-state index contributed by atoms with van der Waals surface area (Å²) in [7, 11) is 1.96. The lowest BCUT2D eigenvalue weighted by Gasteiger charge is -2.11. The van der Waals surface area contributed by atoms with Gasteiger partial charge in [0.2, 0.25) is 0 Å². The first-order chi connectivity index (χ1) is 8.67. The number of halogens is 1. The number of benzene rings is 1. The van der Waals surface area contributed by atoms with E-state index in [1.165, 1.54) is 16.8 Å². The molecule has 2 aromatic rings. The molecule has 0 amide bonds. The molecule has 4 heteroatoms. The van der Waals surface area contributed by atoms with Crippen LogP contribution in [0.2, 0.25) is 0 Å². The van der Waals surface area contributed by atoms with E-state index < -0.39 is 0 Å². The summed E-state index contributed by atoms with van der Waals surface area (Å²) in [5.41, 5.74) is 4.91. The zero-order valence-corrected chi connectivity index (χ0v) is 12.6. The fraction of sp³-hybridized carbons (Fsp3) is 0.357. The average Bonchev–Trinajstić information content (AvgIpc) is 2.72. The molecule has 1 heterocycles. The fourth-order valence-corrected chi connectivity index (χ4v) is 2.66. The second-order valence-electron chi connectivity index (χ2n) is 4.34. The summed E-state index contributed by atoms with van der Waals surface area (Å²) in [5.74, 6) is 0. The standard InChI is InChI=1S/C14H18BrN3/c1-4-13-11(8-16-3)9-17-18(13)14-6-5-12(15)7-10(14)2/h5-7,9,16H,4,8H2,1-3H3. The third-order valence-corrected chi connectivity index (χ3v) is 3.54. The van der Waals surface area contributed by atoms with Gasteiger partial charge in [0.15, 0.2) is 0 Å². The van der Waals surface area contributed by atoms with E-state index in [0.29, 0.717) is 0 Å². The average molecular weight is 308 g/mol. The first kappa shape index (κ1) is 13.3. The zero-order chi connectivity index (χ0) is 13.1. The second-order valence-corrected chi connectivity index (χ2v) is 5.26. The van der Waals surface area contributed by atoms with Crippen LogP contribution in [0.3, 0.4) is 0 Å². The highest BCUT2D eigenvalue weighted by molar-refractivity contribution is 9.10. The van der Waals surface area contributed by atoms with Gasteiger partial charge in [-0.2, -0.15) is 5.10 Å². The van der Waals surface area contributed by atoms with E-state index in [0.717, 1.165) is 23.1 Å². The van der Waals surface area contributed by atoms with Crippen LogP contribution in [-0.2, 0) is 13.0 Å². The van der Waals surface area contributed by atoms with Crippen molar-refractivity contribution in [1.29, 1.82) is 0 Å². The maximum absolute atomic E-state index is 4.53. The Bertz CT molecular complexity index is 546. The minimum atomic E-state index is 0.860. The summed E-state index contributed by atoms with van der Waals surface area (Å²) in [5, 5.41) is 7.71. The van der Waals surface area contributed by atoms with E-state index in [9.17, 15) is 0 Å². The van der Waals surface area contributed by atoms with E-state index in [2.05, 4.69) is 63.1 Å². The summed E-state index contributed by atoms with van der Waals surface area (Å²) < 4.78 is 3.15. The molecule has 0 fully saturated rings. The van der Waals surface area contributed by atoms with E-state index in [1.807, 2.05) is 13.2 Å². The monoisotopic (exact) mass is 307 g/mol. The molecule has 0 aliphatic carbocycles. The van der Waals surface area contributed by atoms with Crippen LogP contribution >= 0.6 is 15.9 Å². The summed E-state index contributed by atoms with van der Waals surface area (Å²) in [4.78, 5) is 0. The van der Waals surface area contributed by atoms with Gasteiger partial charge in [-0.3, -0.25) is 0 Å². The SMILES string of the molecule is CCc1c(CNC)cnn1-c1ccc(Br)cc1C. The van der Waals surface area contributed by atoms with Crippen LogP contribution in [-0.4, -0.2) is 16.8 Å².